The lowest BCUT2D eigenvalue weighted by Crippen LogP contribution is -1.94. The molecule has 0 atom stereocenters. The Morgan fingerprint density at radius 1 is 1.79 bits per heavy atom. The van der Waals surface area contributed by atoms with Crippen molar-refractivity contribution in [3.63, 3.8) is 0 Å². The number of rotatable bonds is 3. The molecule has 74 valence electrons. The maximum Gasteiger partial charge on any atom is 0.294 e. The molecule has 1 rings (SSSR count). The molecule has 1 aromatic rings. The summed E-state index contributed by atoms with van der Waals surface area (Å²) in [5.41, 5.74) is 0.00736. The molecule has 0 amide bonds. The van der Waals surface area contributed by atoms with E-state index in [0.29, 0.717) is 0 Å². The maximum absolute atomic E-state index is 10.5. The number of pyridine rings is 1. The zero-order chi connectivity index (χ0) is 10.6. The summed E-state index contributed by atoms with van der Waals surface area (Å²) in [5, 5.41) is 18.8. The molecule has 0 bridgehead atoms. The third-order valence-corrected chi connectivity index (χ3v) is 1.50. The molecule has 0 aliphatic heterocycles. The average molecular weight is 196 g/mol. The Bertz CT molecular complexity index is 375. The zero-order valence-corrected chi connectivity index (χ0v) is 7.38. The Balaban J connectivity index is 3.14. The van der Waals surface area contributed by atoms with Crippen molar-refractivity contribution in [3.05, 3.63) is 39.9 Å². The minimum atomic E-state index is -0.552. The van der Waals surface area contributed by atoms with Crippen LogP contribution >= 0.6 is 0 Å². The topological polar surface area (TPSA) is 85.5 Å². The Morgan fingerprint density at radius 2 is 2.50 bits per heavy atom. The van der Waals surface area contributed by atoms with Gasteiger partial charge in [0.15, 0.2) is 0 Å². The van der Waals surface area contributed by atoms with E-state index >= 15 is 0 Å². The maximum atomic E-state index is 10.5. The van der Waals surface area contributed by atoms with E-state index in [1.54, 1.807) is 0 Å². The SMILES string of the molecule is CC(=Cc1ncccc1[N+](=O)[O-])OO. The summed E-state index contributed by atoms with van der Waals surface area (Å²) in [6.07, 6.45) is 2.70. The molecule has 1 aromatic heterocycles. The van der Waals surface area contributed by atoms with E-state index in [9.17, 15) is 10.1 Å². The van der Waals surface area contributed by atoms with Crippen molar-refractivity contribution in [3.8, 4) is 0 Å². The monoisotopic (exact) mass is 196 g/mol. The first-order valence-corrected chi connectivity index (χ1v) is 3.74. The summed E-state index contributed by atoms with van der Waals surface area (Å²) in [5.74, 6) is 0.131. The molecule has 0 radical (unpaired) electrons. The van der Waals surface area contributed by atoms with Crippen LogP contribution in [0.5, 0.6) is 0 Å². The van der Waals surface area contributed by atoms with Gasteiger partial charge in [-0.05, 0) is 13.0 Å². The fourth-order valence-corrected chi connectivity index (χ4v) is 0.894. The van der Waals surface area contributed by atoms with E-state index in [2.05, 4.69) is 9.87 Å². The smallest absolute Gasteiger partial charge is 0.294 e. The molecule has 6 nitrogen and oxygen atoms in total. The van der Waals surface area contributed by atoms with Gasteiger partial charge in [0.25, 0.3) is 5.69 Å². The van der Waals surface area contributed by atoms with Crippen LogP contribution in [-0.4, -0.2) is 15.2 Å². The van der Waals surface area contributed by atoms with Gasteiger partial charge in [-0.1, -0.05) is 0 Å². The van der Waals surface area contributed by atoms with Crippen LogP contribution in [0.25, 0.3) is 6.08 Å². The second-order valence-corrected chi connectivity index (χ2v) is 2.51. The number of hydrogen-bond donors (Lipinski definition) is 1. The molecule has 0 aliphatic carbocycles. The Labute approximate surface area is 79.5 Å². The second kappa shape index (κ2) is 4.33. The lowest BCUT2D eigenvalue weighted by molar-refractivity contribution is -0.385. The highest BCUT2D eigenvalue weighted by molar-refractivity contribution is 5.57. The van der Waals surface area contributed by atoms with Gasteiger partial charge in [0.1, 0.15) is 11.5 Å². The third kappa shape index (κ3) is 2.27. The number of hydrogen-bond acceptors (Lipinski definition) is 5. The molecular weight excluding hydrogens is 188 g/mol. The van der Waals surface area contributed by atoms with Crippen LogP contribution in [0, 0.1) is 10.1 Å². The molecule has 0 saturated heterocycles. The molecule has 0 aromatic carbocycles. The van der Waals surface area contributed by atoms with Gasteiger partial charge < -0.3 is 4.89 Å². The van der Waals surface area contributed by atoms with Gasteiger partial charge in [-0.3, -0.25) is 10.1 Å². The molecule has 0 unspecified atom stereocenters. The molecule has 6 heteroatoms. The summed E-state index contributed by atoms with van der Waals surface area (Å²) in [4.78, 5) is 17.6. The lowest BCUT2D eigenvalue weighted by atomic mass is 10.3. The molecule has 0 spiro atoms. The molecule has 14 heavy (non-hydrogen) atoms. The first kappa shape index (κ1) is 10.1. The summed E-state index contributed by atoms with van der Waals surface area (Å²) < 4.78 is 0. The van der Waals surface area contributed by atoms with Gasteiger partial charge in [0.2, 0.25) is 0 Å². The molecule has 1 heterocycles. The minimum Gasteiger partial charge on any atom is -0.345 e. The highest BCUT2D eigenvalue weighted by Crippen LogP contribution is 2.17. The molecule has 0 saturated carbocycles. The number of nitrogens with zero attached hydrogens (tertiary/aromatic N) is 2. The Hall–Kier alpha value is -1.95. The predicted octanol–water partition coefficient (Wildman–Crippen LogP) is 1.84. The third-order valence-electron chi connectivity index (χ3n) is 1.50. The van der Waals surface area contributed by atoms with Crippen molar-refractivity contribution >= 4 is 11.8 Å². The first-order chi connectivity index (χ1) is 6.65. The van der Waals surface area contributed by atoms with Gasteiger partial charge in [-0.25, -0.2) is 10.2 Å². The molecule has 0 fully saturated rings. The van der Waals surface area contributed by atoms with Crippen molar-refractivity contribution < 1.29 is 15.1 Å². The normalized spacial score (nSPS) is 11.1. The van der Waals surface area contributed by atoms with Gasteiger partial charge in [0.05, 0.1) is 4.92 Å². The highest BCUT2D eigenvalue weighted by Gasteiger charge is 2.11. The molecule has 0 aliphatic rings. The van der Waals surface area contributed by atoms with E-state index in [-0.39, 0.29) is 17.1 Å². The van der Waals surface area contributed by atoms with Crippen LogP contribution < -0.4 is 0 Å². The van der Waals surface area contributed by atoms with Crippen LogP contribution in [0.1, 0.15) is 12.6 Å². The van der Waals surface area contributed by atoms with Crippen LogP contribution in [0.3, 0.4) is 0 Å². The summed E-state index contributed by atoms with van der Waals surface area (Å²) in [6, 6.07) is 2.79. The van der Waals surface area contributed by atoms with E-state index in [1.807, 2.05) is 0 Å². The number of aromatic nitrogens is 1. The fourth-order valence-electron chi connectivity index (χ4n) is 0.894. The van der Waals surface area contributed by atoms with Gasteiger partial charge >= 0.3 is 0 Å². The van der Waals surface area contributed by atoms with Crippen LogP contribution in [0.2, 0.25) is 0 Å². The Kier molecular flexibility index (Phi) is 3.14. The summed E-state index contributed by atoms with van der Waals surface area (Å²) in [7, 11) is 0. The van der Waals surface area contributed by atoms with E-state index < -0.39 is 4.92 Å². The van der Waals surface area contributed by atoms with Crippen molar-refractivity contribution in [2.45, 2.75) is 6.92 Å². The van der Waals surface area contributed by atoms with E-state index in [4.69, 9.17) is 5.26 Å². The highest BCUT2D eigenvalue weighted by atomic mass is 17.1. The van der Waals surface area contributed by atoms with Gasteiger partial charge in [-0.2, -0.15) is 0 Å². The van der Waals surface area contributed by atoms with Crippen molar-refractivity contribution in [1.29, 1.82) is 0 Å². The summed E-state index contributed by atoms with van der Waals surface area (Å²) >= 11 is 0. The van der Waals surface area contributed by atoms with E-state index in [1.165, 1.54) is 31.3 Å². The zero-order valence-electron chi connectivity index (χ0n) is 7.38. The predicted molar refractivity (Wildman–Crippen MR) is 48.3 cm³/mol. The summed E-state index contributed by atoms with van der Waals surface area (Å²) in [6.45, 7) is 1.46. The largest absolute Gasteiger partial charge is 0.345 e. The van der Waals surface area contributed by atoms with Crippen LogP contribution in [0.15, 0.2) is 24.1 Å². The van der Waals surface area contributed by atoms with Gasteiger partial charge in [-0.15, -0.1) is 0 Å². The van der Waals surface area contributed by atoms with Gasteiger partial charge in [0, 0.05) is 18.3 Å². The Morgan fingerprint density at radius 3 is 3.07 bits per heavy atom. The van der Waals surface area contributed by atoms with Crippen LogP contribution in [-0.2, 0) is 4.89 Å². The molecule has 1 N–H and O–H groups in total. The van der Waals surface area contributed by atoms with Crippen molar-refractivity contribution in [2.75, 3.05) is 0 Å². The average Bonchev–Trinajstić information content (AvgIpc) is 2.18. The minimum absolute atomic E-state index is 0.131. The van der Waals surface area contributed by atoms with Crippen LogP contribution in [0.4, 0.5) is 5.69 Å². The number of nitro groups is 1. The van der Waals surface area contributed by atoms with Crippen molar-refractivity contribution in [2.24, 2.45) is 0 Å². The quantitative estimate of drug-likeness (QED) is 0.345. The molecular formula is C8H8N2O4. The number of allylic oxidation sites excluding steroid dienone is 1. The fraction of sp³-hybridized carbons (Fsp3) is 0.125. The first-order valence-electron chi connectivity index (χ1n) is 3.74. The standard InChI is InChI=1S/C8H8N2O4/c1-6(14-13)5-7-8(10(11)12)3-2-4-9-7/h2-5,13H,1H3. The van der Waals surface area contributed by atoms with E-state index in [0.717, 1.165) is 0 Å². The van der Waals surface area contributed by atoms with Crippen molar-refractivity contribution in [1.82, 2.24) is 4.98 Å². The lowest BCUT2D eigenvalue weighted by Gasteiger charge is -1.97. The second-order valence-electron chi connectivity index (χ2n) is 2.51.